The quantitative estimate of drug-likeness (QED) is 0.565. The van der Waals surface area contributed by atoms with Crippen LogP contribution in [0.2, 0.25) is 29.7 Å². The third kappa shape index (κ3) is 6.27. The maximum absolute atomic E-state index is 12.0. The van der Waals surface area contributed by atoms with Gasteiger partial charge in [-0.25, -0.2) is 4.79 Å². The van der Waals surface area contributed by atoms with Crippen LogP contribution in [0.3, 0.4) is 0 Å². The molecule has 0 aliphatic carbocycles. The van der Waals surface area contributed by atoms with Gasteiger partial charge in [0.15, 0.2) is 6.10 Å². The highest BCUT2D eigenvalue weighted by atomic mass is 35.5. The van der Waals surface area contributed by atoms with E-state index in [-0.39, 0.29) is 5.97 Å². The smallest absolute Gasteiger partial charge is 0.333 e. The molecule has 0 aliphatic heterocycles. The van der Waals surface area contributed by atoms with E-state index >= 15 is 0 Å². The zero-order chi connectivity index (χ0) is 18.6. The van der Waals surface area contributed by atoms with Gasteiger partial charge in [-0.15, -0.1) is 0 Å². The molecule has 2 rings (SSSR count). The first-order valence-electron chi connectivity index (χ1n) is 7.76. The molecule has 4 nitrogen and oxygen atoms in total. The summed E-state index contributed by atoms with van der Waals surface area (Å²) in [4.78, 5) is 12.0. The van der Waals surface area contributed by atoms with Crippen molar-refractivity contribution in [2.45, 2.75) is 32.7 Å². The topological polar surface area (TPSA) is 44.8 Å². The Balaban J connectivity index is 1.98. The van der Waals surface area contributed by atoms with Gasteiger partial charge in [0.2, 0.25) is 8.32 Å². The van der Waals surface area contributed by atoms with E-state index in [0.717, 1.165) is 0 Å². The lowest BCUT2D eigenvalue weighted by Gasteiger charge is -2.21. The molecule has 2 aromatic rings. The van der Waals surface area contributed by atoms with Crippen molar-refractivity contribution >= 4 is 37.5 Å². The molecule has 0 aromatic heterocycles. The summed E-state index contributed by atoms with van der Waals surface area (Å²) in [6.45, 7) is 7.52. The molecule has 2 aromatic carbocycles. The second-order valence-electron chi connectivity index (χ2n) is 6.44. The molecule has 0 saturated heterocycles. The molecule has 134 valence electrons. The molecule has 0 heterocycles. The zero-order valence-electron chi connectivity index (χ0n) is 14.5. The Bertz CT molecular complexity index is 742. The van der Waals surface area contributed by atoms with E-state index in [9.17, 15) is 4.79 Å². The molecule has 0 radical (unpaired) electrons. The average molecular weight is 399 g/mol. The van der Waals surface area contributed by atoms with Gasteiger partial charge in [0.25, 0.3) is 0 Å². The predicted octanol–water partition coefficient (Wildman–Crippen LogP) is 5.93. The molecule has 0 spiro atoms. The van der Waals surface area contributed by atoms with Crippen LogP contribution in [0.5, 0.6) is 17.2 Å². The van der Waals surface area contributed by atoms with Crippen molar-refractivity contribution < 1.29 is 18.7 Å². The number of benzene rings is 2. The van der Waals surface area contributed by atoms with Crippen molar-refractivity contribution in [1.82, 2.24) is 0 Å². The van der Waals surface area contributed by atoms with Gasteiger partial charge < -0.3 is 13.9 Å². The second-order valence-corrected chi connectivity index (χ2v) is 11.7. The van der Waals surface area contributed by atoms with Crippen LogP contribution in [0.4, 0.5) is 0 Å². The summed E-state index contributed by atoms with van der Waals surface area (Å²) in [5.74, 6) is 1.29. The summed E-state index contributed by atoms with van der Waals surface area (Å²) in [6, 6.07) is 11.9. The highest BCUT2D eigenvalue weighted by molar-refractivity contribution is 6.71. The Morgan fingerprint density at radius 3 is 2.16 bits per heavy atom. The maximum atomic E-state index is 12.0. The molecular weight excluding hydrogens is 379 g/mol. The number of hydrogen-bond acceptors (Lipinski definition) is 4. The first kappa shape index (κ1) is 19.6. The molecule has 0 bridgehead atoms. The Kier molecular flexibility index (Phi) is 6.38. The molecule has 25 heavy (non-hydrogen) atoms. The highest BCUT2D eigenvalue weighted by Crippen LogP contribution is 2.32. The van der Waals surface area contributed by atoms with E-state index < -0.39 is 14.4 Å². The zero-order valence-corrected chi connectivity index (χ0v) is 17.0. The Morgan fingerprint density at radius 2 is 1.60 bits per heavy atom. The maximum Gasteiger partial charge on any atom is 0.333 e. The molecule has 0 amide bonds. The van der Waals surface area contributed by atoms with Gasteiger partial charge in [-0.1, -0.05) is 23.2 Å². The van der Waals surface area contributed by atoms with Gasteiger partial charge in [-0.3, -0.25) is 0 Å². The highest BCUT2D eigenvalue weighted by Gasteiger charge is 2.25. The van der Waals surface area contributed by atoms with E-state index in [1.54, 1.807) is 49.4 Å². The average Bonchev–Trinajstić information content (AvgIpc) is 2.50. The van der Waals surface area contributed by atoms with Crippen molar-refractivity contribution in [2.75, 3.05) is 0 Å². The third-order valence-corrected chi connectivity index (χ3v) is 4.34. The molecule has 0 saturated carbocycles. The summed E-state index contributed by atoms with van der Waals surface area (Å²) < 4.78 is 16.7. The number of rotatable bonds is 6. The van der Waals surface area contributed by atoms with E-state index in [4.69, 9.17) is 37.1 Å². The second kappa shape index (κ2) is 8.12. The van der Waals surface area contributed by atoms with Crippen LogP contribution in [0.1, 0.15) is 6.92 Å². The van der Waals surface area contributed by atoms with Gasteiger partial charge >= 0.3 is 5.97 Å². The lowest BCUT2D eigenvalue weighted by Crippen LogP contribution is -2.36. The van der Waals surface area contributed by atoms with Crippen molar-refractivity contribution in [1.29, 1.82) is 0 Å². The van der Waals surface area contributed by atoms with Crippen LogP contribution in [-0.2, 0) is 9.22 Å². The Labute approximate surface area is 158 Å². The summed E-state index contributed by atoms with van der Waals surface area (Å²) in [7, 11) is -1.93. The van der Waals surface area contributed by atoms with E-state index in [1.807, 2.05) is 19.6 Å². The molecule has 0 N–H and O–H groups in total. The van der Waals surface area contributed by atoms with Crippen LogP contribution in [0, 0.1) is 0 Å². The summed E-state index contributed by atoms with van der Waals surface area (Å²) in [5.41, 5.74) is 0. The van der Waals surface area contributed by atoms with Crippen LogP contribution in [0.15, 0.2) is 42.5 Å². The minimum atomic E-state index is -1.93. The summed E-state index contributed by atoms with van der Waals surface area (Å²) in [5, 5.41) is 0.968. The third-order valence-electron chi connectivity index (χ3n) is 3.00. The molecule has 7 heteroatoms. The fourth-order valence-corrected chi connectivity index (χ4v) is 3.12. The lowest BCUT2D eigenvalue weighted by atomic mass is 10.3. The standard InChI is InChI=1S/C18H20Cl2O4Si/c1-12(18(21)24-25(2,3)4)22-14-6-8-15(9-7-14)23-17-10-5-13(19)11-16(17)20/h5-12H,1-4H3. The van der Waals surface area contributed by atoms with Crippen molar-refractivity contribution in [3.63, 3.8) is 0 Å². The predicted molar refractivity (Wildman–Crippen MR) is 103 cm³/mol. The molecule has 0 fully saturated rings. The Hall–Kier alpha value is -1.69. The number of hydrogen-bond donors (Lipinski definition) is 0. The number of ether oxygens (including phenoxy) is 2. The van der Waals surface area contributed by atoms with Gasteiger partial charge in [-0.2, -0.15) is 0 Å². The molecule has 1 atom stereocenters. The first-order chi connectivity index (χ1) is 11.6. The van der Waals surface area contributed by atoms with Crippen molar-refractivity contribution in [3.8, 4) is 17.2 Å². The molecule has 0 aliphatic rings. The van der Waals surface area contributed by atoms with Gasteiger partial charge in [0.05, 0.1) is 5.02 Å². The fourth-order valence-electron chi connectivity index (χ4n) is 1.91. The van der Waals surface area contributed by atoms with Crippen molar-refractivity contribution in [3.05, 3.63) is 52.5 Å². The van der Waals surface area contributed by atoms with E-state index in [0.29, 0.717) is 27.3 Å². The largest absolute Gasteiger partial charge is 0.517 e. The lowest BCUT2D eigenvalue weighted by molar-refractivity contribution is -0.142. The molecular formula is C18H20Cl2O4Si. The summed E-state index contributed by atoms with van der Waals surface area (Å²) in [6.07, 6.45) is -0.677. The van der Waals surface area contributed by atoms with E-state index in [1.165, 1.54) is 0 Å². The monoisotopic (exact) mass is 398 g/mol. The van der Waals surface area contributed by atoms with E-state index in [2.05, 4.69) is 0 Å². The van der Waals surface area contributed by atoms with Crippen molar-refractivity contribution in [2.24, 2.45) is 0 Å². The van der Waals surface area contributed by atoms with Gasteiger partial charge in [-0.05, 0) is 69.0 Å². The first-order valence-corrected chi connectivity index (χ1v) is 11.9. The number of carbonyl (C=O) groups excluding carboxylic acids is 1. The normalized spacial score (nSPS) is 12.4. The minimum Gasteiger partial charge on any atom is -0.517 e. The number of halogens is 2. The fraction of sp³-hybridized carbons (Fsp3) is 0.278. The van der Waals surface area contributed by atoms with Crippen LogP contribution in [-0.4, -0.2) is 20.4 Å². The SMILES string of the molecule is CC(Oc1ccc(Oc2ccc(Cl)cc2Cl)cc1)C(=O)O[Si](C)(C)C. The van der Waals surface area contributed by atoms with Crippen LogP contribution < -0.4 is 9.47 Å². The summed E-state index contributed by atoms with van der Waals surface area (Å²) >= 11 is 11.9. The van der Waals surface area contributed by atoms with Crippen LogP contribution >= 0.6 is 23.2 Å². The Morgan fingerprint density at radius 1 is 1.00 bits per heavy atom. The van der Waals surface area contributed by atoms with Gasteiger partial charge in [0, 0.05) is 5.02 Å². The number of carbonyl (C=O) groups is 1. The van der Waals surface area contributed by atoms with Crippen LogP contribution in [0.25, 0.3) is 0 Å². The minimum absolute atomic E-state index is 0.354. The van der Waals surface area contributed by atoms with Gasteiger partial charge in [0.1, 0.15) is 17.2 Å². The molecule has 1 unspecified atom stereocenters.